The Bertz CT molecular complexity index is 646. The van der Waals surface area contributed by atoms with Gasteiger partial charge in [0, 0.05) is 13.8 Å². The maximum absolute atomic E-state index is 12.5. The molecule has 1 aromatic rings. The lowest BCUT2D eigenvalue weighted by Crippen LogP contribution is -2.42. The van der Waals surface area contributed by atoms with Gasteiger partial charge in [0.05, 0.1) is 0 Å². The second kappa shape index (κ2) is 7.42. The molecule has 1 aliphatic rings. The summed E-state index contributed by atoms with van der Waals surface area (Å²) in [6.45, 7) is 11.4. The van der Waals surface area contributed by atoms with E-state index >= 15 is 0 Å². The van der Waals surface area contributed by atoms with Gasteiger partial charge in [-0.25, -0.2) is 9.59 Å². The van der Waals surface area contributed by atoms with Crippen LogP contribution in [0.2, 0.25) is 0 Å². The predicted octanol–water partition coefficient (Wildman–Crippen LogP) is 4.61. The highest BCUT2D eigenvalue weighted by atomic mass is 16.7. The highest BCUT2D eigenvalue weighted by molar-refractivity contribution is 6.16. The van der Waals surface area contributed by atoms with Crippen LogP contribution in [0.1, 0.15) is 59.4 Å². The zero-order chi connectivity index (χ0) is 18.8. The Morgan fingerprint density at radius 1 is 0.960 bits per heavy atom. The number of hydrogen-bond donors (Lipinski definition) is 0. The fourth-order valence-corrected chi connectivity index (χ4v) is 3.22. The van der Waals surface area contributed by atoms with Crippen LogP contribution < -0.4 is 0 Å². The summed E-state index contributed by atoms with van der Waals surface area (Å²) in [5.41, 5.74) is 2.07. The number of rotatable bonds is 5. The lowest BCUT2D eigenvalue weighted by Gasteiger charge is -2.32. The van der Waals surface area contributed by atoms with E-state index in [1.54, 1.807) is 13.8 Å². The molecule has 0 saturated carbocycles. The first-order valence-electron chi connectivity index (χ1n) is 8.87. The molecular formula is C21H28O4. The van der Waals surface area contributed by atoms with Gasteiger partial charge in [-0.1, -0.05) is 58.0 Å². The third kappa shape index (κ3) is 4.50. The lowest BCUT2D eigenvalue weighted by molar-refractivity contribution is -0.222. The predicted molar refractivity (Wildman–Crippen MR) is 96.8 cm³/mol. The van der Waals surface area contributed by atoms with Gasteiger partial charge in [-0.05, 0) is 35.3 Å². The molecule has 136 valence electrons. The first-order valence-corrected chi connectivity index (χ1v) is 8.87. The van der Waals surface area contributed by atoms with Crippen molar-refractivity contribution >= 4 is 11.9 Å². The molecule has 1 aliphatic heterocycles. The first-order chi connectivity index (χ1) is 11.6. The molecule has 0 radical (unpaired) electrons. The number of benzene rings is 1. The van der Waals surface area contributed by atoms with E-state index in [4.69, 9.17) is 9.47 Å². The Morgan fingerprint density at radius 2 is 1.48 bits per heavy atom. The SMILES string of the molecule is CC(C)C(C[C@H](c1ccccc1)C(C)C)=C1C(=O)OC(C)(C)OC1=O. The maximum atomic E-state index is 12.5. The number of ether oxygens (including phenoxy) is 2. The molecule has 0 N–H and O–H groups in total. The van der Waals surface area contributed by atoms with Crippen LogP contribution >= 0.6 is 0 Å². The van der Waals surface area contributed by atoms with Crippen molar-refractivity contribution < 1.29 is 19.1 Å². The summed E-state index contributed by atoms with van der Waals surface area (Å²) < 4.78 is 10.6. The van der Waals surface area contributed by atoms with Crippen molar-refractivity contribution in [2.45, 2.75) is 59.7 Å². The van der Waals surface area contributed by atoms with Gasteiger partial charge in [-0.2, -0.15) is 0 Å². The van der Waals surface area contributed by atoms with E-state index in [2.05, 4.69) is 26.0 Å². The largest absolute Gasteiger partial charge is 0.419 e. The number of carbonyl (C=O) groups is 2. The molecule has 1 atom stereocenters. The van der Waals surface area contributed by atoms with Crippen molar-refractivity contribution in [1.82, 2.24) is 0 Å². The van der Waals surface area contributed by atoms with Gasteiger partial charge in [0.25, 0.3) is 5.79 Å². The summed E-state index contributed by atoms with van der Waals surface area (Å²) in [6.07, 6.45) is 0.624. The van der Waals surface area contributed by atoms with Crippen molar-refractivity contribution in [3.63, 3.8) is 0 Å². The van der Waals surface area contributed by atoms with Crippen LogP contribution in [0.5, 0.6) is 0 Å². The third-order valence-corrected chi connectivity index (χ3v) is 4.58. The zero-order valence-electron chi connectivity index (χ0n) is 16.0. The highest BCUT2D eigenvalue weighted by Crippen LogP contribution is 2.36. The van der Waals surface area contributed by atoms with E-state index in [0.717, 1.165) is 5.57 Å². The second-order valence-electron chi connectivity index (χ2n) is 7.70. The Kier molecular flexibility index (Phi) is 5.71. The fraction of sp³-hybridized carbons (Fsp3) is 0.524. The lowest BCUT2D eigenvalue weighted by atomic mass is 9.79. The fourth-order valence-electron chi connectivity index (χ4n) is 3.22. The number of esters is 2. The molecular weight excluding hydrogens is 316 g/mol. The van der Waals surface area contributed by atoms with E-state index in [9.17, 15) is 9.59 Å². The maximum Gasteiger partial charge on any atom is 0.348 e. The van der Waals surface area contributed by atoms with Crippen molar-refractivity contribution in [3.05, 3.63) is 47.0 Å². The van der Waals surface area contributed by atoms with Gasteiger partial charge in [0.1, 0.15) is 5.57 Å². The van der Waals surface area contributed by atoms with Crippen molar-refractivity contribution in [3.8, 4) is 0 Å². The van der Waals surface area contributed by atoms with Gasteiger partial charge >= 0.3 is 11.9 Å². The summed E-state index contributed by atoms with van der Waals surface area (Å²) in [6, 6.07) is 10.2. The first kappa shape index (κ1) is 19.2. The normalized spacial score (nSPS) is 18.2. The number of carbonyl (C=O) groups excluding carboxylic acids is 2. The van der Waals surface area contributed by atoms with Crippen LogP contribution in [0.3, 0.4) is 0 Å². The van der Waals surface area contributed by atoms with E-state index in [1.807, 2.05) is 32.0 Å². The Balaban J connectivity index is 2.43. The monoisotopic (exact) mass is 344 g/mol. The smallest absolute Gasteiger partial charge is 0.348 e. The summed E-state index contributed by atoms with van der Waals surface area (Å²) in [5.74, 6) is -1.76. The summed E-state index contributed by atoms with van der Waals surface area (Å²) >= 11 is 0. The van der Waals surface area contributed by atoms with Crippen LogP contribution in [0, 0.1) is 11.8 Å². The van der Waals surface area contributed by atoms with E-state index in [-0.39, 0.29) is 17.4 Å². The minimum Gasteiger partial charge on any atom is -0.419 e. The van der Waals surface area contributed by atoms with Crippen LogP contribution in [-0.4, -0.2) is 17.7 Å². The van der Waals surface area contributed by atoms with Crippen LogP contribution in [0.25, 0.3) is 0 Å². The highest BCUT2D eigenvalue weighted by Gasteiger charge is 2.41. The molecule has 1 saturated heterocycles. The van der Waals surface area contributed by atoms with E-state index in [0.29, 0.717) is 12.3 Å². The molecule has 0 spiro atoms. The number of hydrogen-bond acceptors (Lipinski definition) is 4. The Labute approximate surface area is 150 Å². The summed E-state index contributed by atoms with van der Waals surface area (Å²) in [5, 5.41) is 0. The average molecular weight is 344 g/mol. The minimum absolute atomic E-state index is 0.0428. The van der Waals surface area contributed by atoms with Gasteiger partial charge in [0.15, 0.2) is 0 Å². The number of allylic oxidation sites excluding steroid dienone is 1. The van der Waals surface area contributed by atoms with Crippen molar-refractivity contribution in [2.75, 3.05) is 0 Å². The van der Waals surface area contributed by atoms with E-state index in [1.165, 1.54) is 5.56 Å². The molecule has 1 fully saturated rings. The summed E-state index contributed by atoms with van der Waals surface area (Å²) in [7, 11) is 0. The average Bonchev–Trinajstić information content (AvgIpc) is 2.48. The molecule has 2 rings (SSSR count). The molecule has 0 unspecified atom stereocenters. The molecule has 0 aromatic heterocycles. The van der Waals surface area contributed by atoms with Gasteiger partial charge in [0.2, 0.25) is 0 Å². The van der Waals surface area contributed by atoms with E-state index < -0.39 is 17.7 Å². The molecule has 0 amide bonds. The van der Waals surface area contributed by atoms with Crippen LogP contribution in [-0.2, 0) is 19.1 Å². The Hall–Kier alpha value is -2.10. The quantitative estimate of drug-likeness (QED) is 0.445. The van der Waals surface area contributed by atoms with Gasteiger partial charge < -0.3 is 9.47 Å². The van der Waals surface area contributed by atoms with Crippen molar-refractivity contribution in [1.29, 1.82) is 0 Å². The molecule has 0 aliphatic carbocycles. The molecule has 1 heterocycles. The summed E-state index contributed by atoms with van der Waals surface area (Å²) in [4.78, 5) is 24.9. The topological polar surface area (TPSA) is 52.6 Å². The van der Waals surface area contributed by atoms with Gasteiger partial charge in [-0.3, -0.25) is 0 Å². The van der Waals surface area contributed by atoms with Crippen LogP contribution in [0.15, 0.2) is 41.5 Å². The molecule has 4 nitrogen and oxygen atoms in total. The zero-order valence-corrected chi connectivity index (χ0v) is 16.0. The Morgan fingerprint density at radius 3 is 1.92 bits per heavy atom. The molecule has 4 heteroatoms. The standard InChI is InChI=1S/C21H28O4/c1-13(2)16(15-10-8-7-9-11-15)12-17(14(3)4)18-19(22)24-21(5,6)25-20(18)23/h7-11,13-14,16H,12H2,1-6H3/t16-/m0/s1. The molecule has 0 bridgehead atoms. The van der Waals surface area contributed by atoms with Crippen LogP contribution in [0.4, 0.5) is 0 Å². The molecule has 1 aromatic carbocycles. The minimum atomic E-state index is -1.21. The third-order valence-electron chi connectivity index (χ3n) is 4.58. The number of cyclic esters (lactones) is 2. The van der Waals surface area contributed by atoms with Gasteiger partial charge in [-0.15, -0.1) is 0 Å². The second-order valence-corrected chi connectivity index (χ2v) is 7.70. The van der Waals surface area contributed by atoms with Crippen molar-refractivity contribution in [2.24, 2.45) is 11.8 Å². The molecule has 25 heavy (non-hydrogen) atoms.